The zero-order valence-electron chi connectivity index (χ0n) is 12.5. The number of nitro benzene ring substituents is 1. The van der Waals surface area contributed by atoms with Crippen LogP contribution in [0.3, 0.4) is 0 Å². The highest BCUT2D eigenvalue weighted by Gasteiger charge is 2.21. The number of nitro groups is 1. The molecule has 21 heavy (non-hydrogen) atoms. The molecule has 0 amide bonds. The smallest absolute Gasteiger partial charge is 0.305 e. The predicted octanol–water partition coefficient (Wildman–Crippen LogP) is 2.22. The van der Waals surface area contributed by atoms with E-state index in [1.165, 1.54) is 6.07 Å². The van der Waals surface area contributed by atoms with Crippen LogP contribution >= 0.6 is 0 Å². The van der Waals surface area contributed by atoms with E-state index in [0.717, 1.165) is 6.07 Å². The van der Waals surface area contributed by atoms with Gasteiger partial charge in [0.1, 0.15) is 0 Å². The summed E-state index contributed by atoms with van der Waals surface area (Å²) in [4.78, 5) is 12.0. The highest BCUT2D eigenvalue weighted by atomic mass is 19.1. The molecule has 6 nitrogen and oxygen atoms in total. The molecular weight excluding hydrogens is 279 g/mol. The molecule has 118 valence electrons. The number of hydrogen-bond donors (Lipinski definition) is 0. The summed E-state index contributed by atoms with van der Waals surface area (Å²) >= 11 is 0. The molecule has 0 aliphatic carbocycles. The SMILES string of the molecule is COCCN(Cc1cccc([N+](=O)[O-])c1F)C(C)COC. The second-order valence-corrected chi connectivity index (χ2v) is 4.77. The minimum Gasteiger partial charge on any atom is -0.383 e. The fourth-order valence-corrected chi connectivity index (χ4v) is 2.06. The Morgan fingerprint density at radius 3 is 2.67 bits per heavy atom. The van der Waals surface area contributed by atoms with Crippen molar-refractivity contribution >= 4 is 5.69 Å². The van der Waals surface area contributed by atoms with E-state index in [1.54, 1.807) is 20.3 Å². The Balaban J connectivity index is 2.92. The third-order valence-corrected chi connectivity index (χ3v) is 3.24. The normalized spacial score (nSPS) is 12.6. The summed E-state index contributed by atoms with van der Waals surface area (Å²) in [6.45, 7) is 3.78. The van der Waals surface area contributed by atoms with Gasteiger partial charge in [0.15, 0.2) is 0 Å². The topological polar surface area (TPSA) is 64.8 Å². The number of hydrogen-bond acceptors (Lipinski definition) is 5. The lowest BCUT2D eigenvalue weighted by molar-refractivity contribution is -0.387. The molecule has 1 aromatic carbocycles. The van der Waals surface area contributed by atoms with Crippen molar-refractivity contribution in [2.24, 2.45) is 0 Å². The first-order chi connectivity index (χ1) is 10.0. The van der Waals surface area contributed by atoms with Crippen LogP contribution < -0.4 is 0 Å². The van der Waals surface area contributed by atoms with Crippen LogP contribution in [0.4, 0.5) is 10.1 Å². The first kappa shape index (κ1) is 17.5. The molecule has 0 radical (unpaired) electrons. The molecular formula is C14H21FN2O4. The zero-order valence-corrected chi connectivity index (χ0v) is 12.5. The van der Waals surface area contributed by atoms with E-state index in [-0.39, 0.29) is 12.6 Å². The maximum atomic E-state index is 14.1. The minimum absolute atomic E-state index is 0.0452. The maximum Gasteiger partial charge on any atom is 0.305 e. The third-order valence-electron chi connectivity index (χ3n) is 3.24. The fourth-order valence-electron chi connectivity index (χ4n) is 2.06. The Kier molecular flexibility index (Phi) is 7.21. The van der Waals surface area contributed by atoms with Gasteiger partial charge in [0, 0.05) is 45.0 Å². The largest absolute Gasteiger partial charge is 0.383 e. The number of ether oxygens (including phenoxy) is 2. The van der Waals surface area contributed by atoms with Crippen molar-refractivity contribution in [1.29, 1.82) is 0 Å². The predicted molar refractivity (Wildman–Crippen MR) is 76.7 cm³/mol. The molecule has 0 fully saturated rings. The van der Waals surface area contributed by atoms with Crippen LogP contribution in [0.2, 0.25) is 0 Å². The van der Waals surface area contributed by atoms with Crippen molar-refractivity contribution in [3.8, 4) is 0 Å². The monoisotopic (exact) mass is 300 g/mol. The quantitative estimate of drug-likeness (QED) is 0.517. The van der Waals surface area contributed by atoms with E-state index in [2.05, 4.69) is 0 Å². The lowest BCUT2D eigenvalue weighted by Gasteiger charge is -2.28. The second kappa shape index (κ2) is 8.66. The molecule has 0 N–H and O–H groups in total. The van der Waals surface area contributed by atoms with Crippen molar-refractivity contribution in [2.45, 2.75) is 19.5 Å². The number of nitrogens with zero attached hydrogens (tertiary/aromatic N) is 2. The van der Waals surface area contributed by atoms with Gasteiger partial charge in [-0.15, -0.1) is 0 Å². The first-order valence-electron chi connectivity index (χ1n) is 6.65. The number of benzene rings is 1. The van der Waals surface area contributed by atoms with Crippen LogP contribution in [-0.2, 0) is 16.0 Å². The molecule has 0 saturated heterocycles. The zero-order chi connectivity index (χ0) is 15.8. The Hall–Kier alpha value is -1.57. The average Bonchev–Trinajstić information content (AvgIpc) is 2.44. The van der Waals surface area contributed by atoms with E-state index >= 15 is 0 Å². The number of halogens is 1. The first-order valence-corrected chi connectivity index (χ1v) is 6.65. The van der Waals surface area contributed by atoms with Crippen molar-refractivity contribution in [2.75, 3.05) is 34.0 Å². The third kappa shape index (κ3) is 5.04. The van der Waals surface area contributed by atoms with Crippen LogP contribution in [0, 0.1) is 15.9 Å². The number of methoxy groups -OCH3 is 2. The van der Waals surface area contributed by atoms with Gasteiger partial charge in [-0.2, -0.15) is 4.39 Å². The molecule has 1 atom stereocenters. The maximum absolute atomic E-state index is 14.1. The van der Waals surface area contributed by atoms with Gasteiger partial charge in [-0.25, -0.2) is 0 Å². The molecule has 0 spiro atoms. The Bertz CT molecular complexity index is 470. The summed E-state index contributed by atoms with van der Waals surface area (Å²) in [5.74, 6) is -0.783. The standard InChI is InChI=1S/C14H21FN2O4/c1-11(10-21-3)16(7-8-20-2)9-12-5-4-6-13(14(12)15)17(18)19/h4-6,11H,7-10H2,1-3H3. The molecule has 0 aliphatic rings. The van der Waals surface area contributed by atoms with Gasteiger partial charge in [-0.1, -0.05) is 12.1 Å². The average molecular weight is 300 g/mol. The fraction of sp³-hybridized carbons (Fsp3) is 0.571. The molecule has 0 aromatic heterocycles. The van der Waals surface area contributed by atoms with Gasteiger partial charge in [0.05, 0.1) is 18.1 Å². The van der Waals surface area contributed by atoms with Gasteiger partial charge >= 0.3 is 5.69 Å². The van der Waals surface area contributed by atoms with Crippen molar-refractivity contribution in [3.63, 3.8) is 0 Å². The summed E-state index contributed by atoms with van der Waals surface area (Å²) in [5.41, 5.74) is -0.207. The van der Waals surface area contributed by atoms with Crippen molar-refractivity contribution in [3.05, 3.63) is 39.7 Å². The van der Waals surface area contributed by atoms with Crippen LogP contribution in [0.15, 0.2) is 18.2 Å². The lowest BCUT2D eigenvalue weighted by atomic mass is 10.1. The van der Waals surface area contributed by atoms with E-state index in [4.69, 9.17) is 9.47 Å². The molecule has 1 aromatic rings. The molecule has 1 rings (SSSR count). The van der Waals surface area contributed by atoms with Gasteiger partial charge < -0.3 is 9.47 Å². The van der Waals surface area contributed by atoms with E-state index < -0.39 is 16.4 Å². The van der Waals surface area contributed by atoms with Crippen LogP contribution in [0.5, 0.6) is 0 Å². The van der Waals surface area contributed by atoms with E-state index in [0.29, 0.717) is 25.3 Å². The molecule has 0 bridgehead atoms. The van der Waals surface area contributed by atoms with Gasteiger partial charge in [0.25, 0.3) is 0 Å². The number of rotatable bonds is 9. The van der Waals surface area contributed by atoms with Gasteiger partial charge in [0.2, 0.25) is 5.82 Å². The summed E-state index contributed by atoms with van der Waals surface area (Å²) < 4.78 is 24.3. The van der Waals surface area contributed by atoms with Crippen molar-refractivity contribution < 1.29 is 18.8 Å². The van der Waals surface area contributed by atoms with Crippen molar-refractivity contribution in [1.82, 2.24) is 4.90 Å². The highest BCUT2D eigenvalue weighted by Crippen LogP contribution is 2.22. The van der Waals surface area contributed by atoms with E-state index in [9.17, 15) is 14.5 Å². The summed E-state index contributed by atoms with van der Waals surface area (Å²) in [6.07, 6.45) is 0. The Morgan fingerprint density at radius 2 is 2.10 bits per heavy atom. The Morgan fingerprint density at radius 1 is 1.38 bits per heavy atom. The molecule has 1 unspecified atom stereocenters. The second-order valence-electron chi connectivity index (χ2n) is 4.77. The lowest BCUT2D eigenvalue weighted by Crippen LogP contribution is -2.38. The Labute approximate surface area is 123 Å². The molecule has 0 saturated carbocycles. The van der Waals surface area contributed by atoms with Gasteiger partial charge in [-0.3, -0.25) is 15.0 Å². The summed E-state index contributed by atoms with van der Waals surface area (Å²) in [5, 5.41) is 10.8. The summed E-state index contributed by atoms with van der Waals surface area (Å²) in [6, 6.07) is 4.26. The highest BCUT2D eigenvalue weighted by molar-refractivity contribution is 5.36. The van der Waals surface area contributed by atoms with Crippen LogP contribution in [-0.4, -0.2) is 49.8 Å². The molecule has 0 aliphatic heterocycles. The molecule has 7 heteroatoms. The van der Waals surface area contributed by atoms with E-state index in [1.807, 2.05) is 11.8 Å². The van der Waals surface area contributed by atoms with Gasteiger partial charge in [-0.05, 0) is 6.92 Å². The van der Waals surface area contributed by atoms with Crippen LogP contribution in [0.1, 0.15) is 12.5 Å². The van der Waals surface area contributed by atoms with Crippen LogP contribution in [0.25, 0.3) is 0 Å². The minimum atomic E-state index is -0.783. The molecule has 0 heterocycles. The summed E-state index contributed by atoms with van der Waals surface area (Å²) in [7, 11) is 3.19.